The van der Waals surface area contributed by atoms with E-state index in [1.807, 2.05) is 23.6 Å². The summed E-state index contributed by atoms with van der Waals surface area (Å²) in [4.78, 5) is 31.0. The number of hydrogen-bond acceptors (Lipinski definition) is 4. The first-order valence-corrected chi connectivity index (χ1v) is 9.52. The van der Waals surface area contributed by atoms with Crippen molar-refractivity contribution in [3.05, 3.63) is 0 Å². The molecule has 0 aliphatic carbocycles. The molecule has 24 heavy (non-hydrogen) atoms. The second-order valence-corrected chi connectivity index (χ2v) is 7.53. The molecular weight excluding hydrogens is 304 g/mol. The lowest BCUT2D eigenvalue weighted by Gasteiger charge is -2.38. The minimum absolute atomic E-state index is 0.0443. The highest BCUT2D eigenvalue weighted by Gasteiger charge is 2.33. The van der Waals surface area contributed by atoms with Gasteiger partial charge >= 0.3 is 0 Å². The van der Waals surface area contributed by atoms with E-state index >= 15 is 0 Å². The molecule has 0 radical (unpaired) electrons. The van der Waals surface area contributed by atoms with E-state index in [1.165, 1.54) is 12.8 Å². The maximum atomic E-state index is 12.5. The molecule has 0 aromatic heterocycles. The first-order chi connectivity index (χ1) is 11.4. The number of hydrogen-bond donors (Lipinski definition) is 1. The summed E-state index contributed by atoms with van der Waals surface area (Å²) >= 11 is 0. The normalized spacial score (nSPS) is 22.8. The van der Waals surface area contributed by atoms with E-state index in [9.17, 15) is 9.59 Å². The molecule has 6 nitrogen and oxygen atoms in total. The molecule has 0 aromatic carbocycles. The van der Waals surface area contributed by atoms with Crippen molar-refractivity contribution >= 4 is 11.8 Å². The molecule has 2 aliphatic rings. The molecule has 1 unspecified atom stereocenters. The molecule has 2 fully saturated rings. The molecule has 0 spiro atoms. The molecule has 0 aromatic rings. The van der Waals surface area contributed by atoms with Crippen LogP contribution in [0.3, 0.4) is 0 Å². The van der Waals surface area contributed by atoms with Gasteiger partial charge in [0.25, 0.3) is 0 Å². The van der Waals surface area contributed by atoms with Crippen LogP contribution in [0.5, 0.6) is 0 Å². The maximum Gasteiger partial charge on any atom is 0.242 e. The maximum absolute atomic E-state index is 12.5. The first-order valence-electron chi connectivity index (χ1n) is 9.52. The van der Waals surface area contributed by atoms with E-state index in [4.69, 9.17) is 5.73 Å². The van der Waals surface area contributed by atoms with Crippen molar-refractivity contribution in [3.63, 3.8) is 0 Å². The summed E-state index contributed by atoms with van der Waals surface area (Å²) in [7, 11) is 0. The van der Waals surface area contributed by atoms with Crippen LogP contribution in [-0.2, 0) is 9.59 Å². The summed E-state index contributed by atoms with van der Waals surface area (Å²) in [5, 5.41) is 0. The third-order valence-corrected chi connectivity index (χ3v) is 5.24. The standard InChI is InChI=1S/C18H34N4O2/c1-3-8-18(2,19)17(24)22-13-11-20(12-14-22)15-16(23)21-9-6-4-5-7-10-21/h3-15,19H2,1-2H3. The summed E-state index contributed by atoms with van der Waals surface area (Å²) in [6.45, 7) is 9.02. The van der Waals surface area contributed by atoms with Gasteiger partial charge in [-0.1, -0.05) is 26.2 Å². The van der Waals surface area contributed by atoms with Gasteiger partial charge in [0.2, 0.25) is 11.8 Å². The van der Waals surface area contributed by atoms with Crippen LogP contribution in [0.4, 0.5) is 0 Å². The number of rotatable bonds is 5. The van der Waals surface area contributed by atoms with E-state index in [0.29, 0.717) is 26.1 Å². The molecule has 0 saturated carbocycles. The van der Waals surface area contributed by atoms with Crippen molar-refractivity contribution in [3.8, 4) is 0 Å². The number of carbonyl (C=O) groups excluding carboxylic acids is 2. The molecule has 2 saturated heterocycles. The van der Waals surface area contributed by atoms with Crippen molar-refractivity contribution in [2.24, 2.45) is 5.73 Å². The predicted octanol–water partition coefficient (Wildman–Crippen LogP) is 1.05. The monoisotopic (exact) mass is 338 g/mol. The number of likely N-dealkylation sites (tertiary alicyclic amines) is 1. The van der Waals surface area contributed by atoms with Crippen LogP contribution < -0.4 is 5.73 Å². The van der Waals surface area contributed by atoms with Crippen LogP contribution in [0.1, 0.15) is 52.4 Å². The molecule has 6 heteroatoms. The zero-order valence-electron chi connectivity index (χ0n) is 15.4. The van der Waals surface area contributed by atoms with Crippen molar-refractivity contribution in [2.45, 2.75) is 57.9 Å². The van der Waals surface area contributed by atoms with E-state index < -0.39 is 5.54 Å². The average molecular weight is 338 g/mol. The Hall–Kier alpha value is -1.14. The Labute approximate surface area is 146 Å². The van der Waals surface area contributed by atoms with Crippen LogP contribution in [0.2, 0.25) is 0 Å². The van der Waals surface area contributed by atoms with E-state index in [1.54, 1.807) is 0 Å². The summed E-state index contributed by atoms with van der Waals surface area (Å²) < 4.78 is 0. The van der Waals surface area contributed by atoms with Gasteiger partial charge in [-0.3, -0.25) is 14.5 Å². The Morgan fingerprint density at radius 1 is 0.917 bits per heavy atom. The number of piperazine rings is 1. The molecule has 138 valence electrons. The van der Waals surface area contributed by atoms with Crippen molar-refractivity contribution < 1.29 is 9.59 Å². The molecule has 2 rings (SSSR count). The van der Waals surface area contributed by atoms with Gasteiger partial charge in [0.05, 0.1) is 12.1 Å². The lowest BCUT2D eigenvalue weighted by Crippen LogP contribution is -2.58. The van der Waals surface area contributed by atoms with Gasteiger partial charge in [0, 0.05) is 39.3 Å². The second-order valence-electron chi connectivity index (χ2n) is 7.53. The number of carbonyl (C=O) groups is 2. The van der Waals surface area contributed by atoms with Gasteiger partial charge in [-0.2, -0.15) is 0 Å². The van der Waals surface area contributed by atoms with Crippen molar-refractivity contribution in [1.29, 1.82) is 0 Å². The minimum atomic E-state index is -0.765. The van der Waals surface area contributed by atoms with Gasteiger partial charge in [0.15, 0.2) is 0 Å². The molecule has 1 atom stereocenters. The Morgan fingerprint density at radius 3 is 2.04 bits per heavy atom. The summed E-state index contributed by atoms with van der Waals surface area (Å²) in [6.07, 6.45) is 6.34. The van der Waals surface area contributed by atoms with Gasteiger partial charge in [-0.25, -0.2) is 0 Å². The fourth-order valence-corrected chi connectivity index (χ4v) is 3.71. The van der Waals surface area contributed by atoms with Crippen molar-refractivity contribution in [2.75, 3.05) is 45.8 Å². The van der Waals surface area contributed by atoms with Gasteiger partial charge in [0.1, 0.15) is 0 Å². The second kappa shape index (κ2) is 8.81. The number of amides is 2. The van der Waals surface area contributed by atoms with E-state index in [-0.39, 0.29) is 11.8 Å². The van der Waals surface area contributed by atoms with E-state index in [0.717, 1.165) is 45.4 Å². The SMILES string of the molecule is CCCC(C)(N)C(=O)N1CCN(CC(=O)N2CCCCCC2)CC1. The van der Waals surface area contributed by atoms with Crippen LogP contribution in [0, 0.1) is 0 Å². The highest BCUT2D eigenvalue weighted by Crippen LogP contribution is 2.15. The zero-order chi connectivity index (χ0) is 17.6. The minimum Gasteiger partial charge on any atom is -0.342 e. The van der Waals surface area contributed by atoms with Crippen molar-refractivity contribution in [1.82, 2.24) is 14.7 Å². The first kappa shape index (κ1) is 19.2. The fraction of sp³-hybridized carbons (Fsp3) is 0.889. The highest BCUT2D eigenvalue weighted by atomic mass is 16.2. The third kappa shape index (κ3) is 5.18. The summed E-state index contributed by atoms with van der Waals surface area (Å²) in [6, 6.07) is 0. The topological polar surface area (TPSA) is 69.9 Å². The fourth-order valence-electron chi connectivity index (χ4n) is 3.71. The predicted molar refractivity (Wildman–Crippen MR) is 95.6 cm³/mol. The van der Waals surface area contributed by atoms with Crippen LogP contribution in [-0.4, -0.2) is 77.9 Å². The van der Waals surface area contributed by atoms with Crippen LogP contribution >= 0.6 is 0 Å². The zero-order valence-corrected chi connectivity index (χ0v) is 15.4. The third-order valence-electron chi connectivity index (χ3n) is 5.24. The Kier molecular flexibility index (Phi) is 7.04. The quantitative estimate of drug-likeness (QED) is 0.813. The number of nitrogens with two attached hydrogens (primary N) is 1. The van der Waals surface area contributed by atoms with Gasteiger partial charge < -0.3 is 15.5 Å². The highest BCUT2D eigenvalue weighted by molar-refractivity contribution is 5.85. The smallest absolute Gasteiger partial charge is 0.242 e. The molecule has 2 amide bonds. The van der Waals surface area contributed by atoms with Crippen LogP contribution in [0.15, 0.2) is 0 Å². The largest absolute Gasteiger partial charge is 0.342 e. The summed E-state index contributed by atoms with van der Waals surface area (Å²) in [5.74, 6) is 0.286. The van der Waals surface area contributed by atoms with Gasteiger partial charge in [-0.15, -0.1) is 0 Å². The average Bonchev–Trinajstić information content (AvgIpc) is 2.84. The molecular formula is C18H34N4O2. The Balaban J connectivity index is 1.78. The van der Waals surface area contributed by atoms with E-state index in [2.05, 4.69) is 4.90 Å². The molecule has 0 bridgehead atoms. The number of nitrogens with zero attached hydrogens (tertiary/aromatic N) is 3. The summed E-state index contributed by atoms with van der Waals surface area (Å²) in [5.41, 5.74) is 5.40. The molecule has 2 aliphatic heterocycles. The Morgan fingerprint density at radius 2 is 1.50 bits per heavy atom. The van der Waals surface area contributed by atoms with Crippen LogP contribution in [0.25, 0.3) is 0 Å². The van der Waals surface area contributed by atoms with Gasteiger partial charge in [-0.05, 0) is 26.2 Å². The lowest BCUT2D eigenvalue weighted by molar-refractivity contribution is -0.139. The lowest BCUT2D eigenvalue weighted by atomic mass is 9.95. The Bertz CT molecular complexity index is 423. The molecule has 2 N–H and O–H groups in total. The molecule has 2 heterocycles.